The molecule has 0 aromatic heterocycles. The molecule has 0 atom stereocenters. The summed E-state index contributed by atoms with van der Waals surface area (Å²) in [5.41, 5.74) is 6.63. The first kappa shape index (κ1) is 25.0. The van der Waals surface area contributed by atoms with E-state index in [-0.39, 0.29) is 0 Å². The molecule has 0 aliphatic rings. The topological polar surface area (TPSA) is 89.0 Å². The van der Waals surface area contributed by atoms with Gasteiger partial charge in [0.05, 0.1) is 17.8 Å². The lowest BCUT2D eigenvalue weighted by molar-refractivity contribution is -0.136. The number of amides is 2. The quantitative estimate of drug-likeness (QED) is 0.247. The van der Waals surface area contributed by atoms with Crippen LogP contribution in [-0.2, 0) is 22.6 Å². The van der Waals surface area contributed by atoms with Crippen molar-refractivity contribution in [1.29, 1.82) is 0 Å². The van der Waals surface area contributed by atoms with Crippen molar-refractivity contribution in [2.75, 3.05) is 12.4 Å². The van der Waals surface area contributed by atoms with Crippen LogP contribution in [0.25, 0.3) is 0 Å². The molecular weight excluding hydrogens is 498 g/mol. The zero-order valence-corrected chi connectivity index (χ0v) is 20.8. The van der Waals surface area contributed by atoms with E-state index in [2.05, 4.69) is 37.8 Å². The molecule has 0 aliphatic heterocycles. The van der Waals surface area contributed by atoms with Crippen molar-refractivity contribution in [3.8, 4) is 11.5 Å². The maximum absolute atomic E-state index is 12.2. The van der Waals surface area contributed by atoms with Gasteiger partial charge in [-0.05, 0) is 64.2 Å². The van der Waals surface area contributed by atoms with Crippen LogP contribution in [0.5, 0.6) is 11.5 Å². The molecule has 176 valence electrons. The summed E-state index contributed by atoms with van der Waals surface area (Å²) in [5.74, 6) is -0.606. The number of rotatable bonds is 8. The van der Waals surface area contributed by atoms with E-state index >= 15 is 0 Å². The maximum atomic E-state index is 12.2. The first-order valence-electron chi connectivity index (χ1n) is 10.7. The Morgan fingerprint density at radius 1 is 1.06 bits per heavy atom. The van der Waals surface area contributed by atoms with Gasteiger partial charge in [0.15, 0.2) is 11.5 Å². The molecule has 2 amide bonds. The van der Waals surface area contributed by atoms with Gasteiger partial charge in [-0.15, -0.1) is 0 Å². The fourth-order valence-corrected chi connectivity index (χ4v) is 3.83. The Balaban J connectivity index is 1.63. The van der Waals surface area contributed by atoms with Gasteiger partial charge in [0.1, 0.15) is 6.61 Å². The molecule has 0 radical (unpaired) electrons. The molecule has 3 aromatic rings. The van der Waals surface area contributed by atoms with E-state index in [1.54, 1.807) is 31.4 Å². The van der Waals surface area contributed by atoms with Gasteiger partial charge in [0, 0.05) is 5.69 Å². The Morgan fingerprint density at radius 2 is 1.85 bits per heavy atom. The summed E-state index contributed by atoms with van der Waals surface area (Å²) in [6, 6.07) is 18.9. The number of halogens is 1. The number of hydrogen-bond acceptors (Lipinski definition) is 5. The molecule has 2 N–H and O–H groups in total. The zero-order chi connectivity index (χ0) is 24.5. The number of methoxy groups -OCH3 is 1. The van der Waals surface area contributed by atoms with Crippen molar-refractivity contribution >= 4 is 39.6 Å². The number of hydrogen-bond donors (Lipinski definition) is 2. The highest BCUT2D eigenvalue weighted by Crippen LogP contribution is 2.36. The van der Waals surface area contributed by atoms with Gasteiger partial charge in [-0.2, -0.15) is 5.10 Å². The Hall–Kier alpha value is -3.65. The first-order chi connectivity index (χ1) is 16.4. The summed E-state index contributed by atoms with van der Waals surface area (Å²) in [6.45, 7) is 4.39. The number of carbonyl (C=O) groups excluding carboxylic acids is 2. The molecular formula is C26H26BrN3O4. The number of benzene rings is 3. The molecule has 3 aromatic carbocycles. The largest absolute Gasteiger partial charge is 0.493 e. The highest BCUT2D eigenvalue weighted by molar-refractivity contribution is 9.10. The molecule has 7 nitrogen and oxygen atoms in total. The molecule has 0 spiro atoms. The average molecular weight is 524 g/mol. The zero-order valence-electron chi connectivity index (χ0n) is 19.2. The van der Waals surface area contributed by atoms with Crippen molar-refractivity contribution in [2.45, 2.75) is 26.9 Å². The van der Waals surface area contributed by atoms with E-state index in [0.29, 0.717) is 33.8 Å². The molecule has 34 heavy (non-hydrogen) atoms. The van der Waals surface area contributed by atoms with Crippen LogP contribution < -0.4 is 20.2 Å². The van der Waals surface area contributed by atoms with Gasteiger partial charge in [-0.25, -0.2) is 5.43 Å². The highest BCUT2D eigenvalue weighted by Gasteiger charge is 2.15. The van der Waals surface area contributed by atoms with Gasteiger partial charge >= 0.3 is 11.8 Å². The van der Waals surface area contributed by atoms with E-state index in [9.17, 15) is 9.59 Å². The first-order valence-corrected chi connectivity index (χ1v) is 11.5. The molecule has 8 heteroatoms. The van der Waals surface area contributed by atoms with Crippen LogP contribution in [0.1, 0.15) is 29.2 Å². The van der Waals surface area contributed by atoms with Crippen LogP contribution in [0.15, 0.2) is 70.2 Å². The number of ether oxygens (including phenoxy) is 2. The van der Waals surface area contributed by atoms with E-state index in [4.69, 9.17) is 9.47 Å². The Morgan fingerprint density at radius 3 is 2.59 bits per heavy atom. The van der Waals surface area contributed by atoms with Crippen molar-refractivity contribution in [3.05, 3.63) is 87.4 Å². The van der Waals surface area contributed by atoms with Crippen LogP contribution in [0.3, 0.4) is 0 Å². The van der Waals surface area contributed by atoms with Crippen LogP contribution >= 0.6 is 15.9 Å². The second-order valence-corrected chi connectivity index (χ2v) is 8.33. The lowest BCUT2D eigenvalue weighted by atomic mass is 10.1. The third kappa shape index (κ3) is 6.68. The average Bonchev–Trinajstić information content (AvgIpc) is 2.83. The van der Waals surface area contributed by atoms with Gasteiger partial charge in [0.25, 0.3) is 0 Å². The molecule has 0 heterocycles. The predicted octanol–water partition coefficient (Wildman–Crippen LogP) is 5.00. The van der Waals surface area contributed by atoms with Crippen LogP contribution in [0.4, 0.5) is 5.69 Å². The Labute approximate surface area is 207 Å². The number of hydrazone groups is 1. The smallest absolute Gasteiger partial charge is 0.329 e. The van der Waals surface area contributed by atoms with Gasteiger partial charge in [-0.3, -0.25) is 9.59 Å². The third-order valence-corrected chi connectivity index (χ3v) is 5.54. The number of nitrogens with zero attached hydrogens (tertiary/aromatic N) is 1. The second-order valence-electron chi connectivity index (χ2n) is 7.48. The van der Waals surface area contributed by atoms with Crippen LogP contribution in [-0.4, -0.2) is 25.1 Å². The Bertz CT molecular complexity index is 1210. The molecule has 0 saturated carbocycles. The number of para-hydroxylation sites is 1. The fraction of sp³-hybridized carbons (Fsp3) is 0.192. The highest BCUT2D eigenvalue weighted by atomic mass is 79.9. The van der Waals surface area contributed by atoms with E-state index < -0.39 is 11.8 Å². The minimum absolute atomic E-state index is 0.385. The monoisotopic (exact) mass is 523 g/mol. The van der Waals surface area contributed by atoms with Crippen LogP contribution in [0, 0.1) is 6.92 Å². The molecule has 0 unspecified atom stereocenters. The number of carbonyl (C=O) groups is 2. The summed E-state index contributed by atoms with van der Waals surface area (Å²) >= 11 is 3.50. The third-order valence-electron chi connectivity index (χ3n) is 4.95. The lowest BCUT2D eigenvalue weighted by Gasteiger charge is -2.14. The summed E-state index contributed by atoms with van der Waals surface area (Å²) in [5, 5.41) is 6.50. The number of nitrogens with one attached hydrogen (secondary N) is 2. The lowest BCUT2D eigenvalue weighted by Crippen LogP contribution is -2.32. The van der Waals surface area contributed by atoms with E-state index in [1.165, 1.54) is 6.21 Å². The van der Waals surface area contributed by atoms with Gasteiger partial charge in [-0.1, -0.05) is 55.0 Å². The summed E-state index contributed by atoms with van der Waals surface area (Å²) in [7, 11) is 1.54. The van der Waals surface area contributed by atoms with Crippen molar-refractivity contribution in [2.24, 2.45) is 5.10 Å². The maximum Gasteiger partial charge on any atom is 0.329 e. The van der Waals surface area contributed by atoms with E-state index in [1.807, 2.05) is 44.2 Å². The summed E-state index contributed by atoms with van der Waals surface area (Å²) in [6.07, 6.45) is 2.15. The second kappa shape index (κ2) is 12.0. The van der Waals surface area contributed by atoms with Crippen molar-refractivity contribution < 1.29 is 19.1 Å². The van der Waals surface area contributed by atoms with Gasteiger partial charge in [0.2, 0.25) is 0 Å². The molecule has 0 fully saturated rings. The van der Waals surface area contributed by atoms with E-state index in [0.717, 1.165) is 23.1 Å². The Kier molecular flexibility index (Phi) is 8.81. The predicted molar refractivity (Wildman–Crippen MR) is 136 cm³/mol. The normalized spacial score (nSPS) is 10.7. The number of anilines is 1. The minimum atomic E-state index is -0.869. The summed E-state index contributed by atoms with van der Waals surface area (Å²) in [4.78, 5) is 24.3. The number of aryl methyl sites for hydroxylation is 2. The SMILES string of the molecule is CCc1ccccc1NC(=O)C(=O)NN=Cc1cc(Br)c(OCc2cccc(C)c2)c(OC)c1. The summed E-state index contributed by atoms with van der Waals surface area (Å²) < 4.78 is 12.1. The fourth-order valence-electron chi connectivity index (χ4n) is 3.26. The standard InChI is InChI=1S/C26H26BrN3O4/c1-4-20-10-5-6-11-22(20)29-25(31)26(32)30-28-15-19-13-21(27)24(23(14-19)33-3)34-16-18-9-7-8-17(2)12-18/h5-15H,4,16H2,1-3H3,(H,29,31)(H,30,32). The minimum Gasteiger partial charge on any atom is -0.493 e. The molecule has 0 saturated heterocycles. The molecule has 0 aliphatic carbocycles. The molecule has 3 rings (SSSR count). The molecule has 0 bridgehead atoms. The van der Waals surface area contributed by atoms with Crippen LogP contribution in [0.2, 0.25) is 0 Å². The van der Waals surface area contributed by atoms with Crippen molar-refractivity contribution in [1.82, 2.24) is 5.43 Å². The van der Waals surface area contributed by atoms with Gasteiger partial charge < -0.3 is 14.8 Å². The van der Waals surface area contributed by atoms with Crippen molar-refractivity contribution in [3.63, 3.8) is 0 Å².